The van der Waals surface area contributed by atoms with E-state index >= 15 is 0 Å². The summed E-state index contributed by atoms with van der Waals surface area (Å²) >= 11 is 0. The third kappa shape index (κ3) is 24.2. The molecule has 0 aliphatic carbocycles. The Bertz CT molecular complexity index is 614. The monoisotopic (exact) mass is 541 g/mol. The average Bonchev–Trinajstić information content (AvgIpc) is 2.87. The van der Waals surface area contributed by atoms with E-state index in [1.165, 1.54) is 101 Å². The first-order valence-corrected chi connectivity index (χ1v) is 14.3. The van der Waals surface area contributed by atoms with Crippen LogP contribution in [0, 0.1) is 0 Å². The molecule has 0 aliphatic rings. The zero-order valence-corrected chi connectivity index (χ0v) is 24.3. The first kappa shape index (κ1) is 36.6. The van der Waals surface area contributed by atoms with Crippen LogP contribution >= 0.6 is 0 Å². The number of rotatable bonds is 16. The molecule has 0 aromatic heterocycles. The number of unbranched alkanes of at least 4 members (excludes halogenated alkanes) is 11. The second-order valence-electron chi connectivity index (χ2n) is 9.47. The molecule has 4 heteroatoms. The molecule has 0 spiro atoms. The van der Waals surface area contributed by atoms with Crippen molar-refractivity contribution in [2.75, 3.05) is 6.54 Å². The van der Waals surface area contributed by atoms with Gasteiger partial charge in [0, 0.05) is 0 Å². The summed E-state index contributed by atoms with van der Waals surface area (Å²) in [5, 5.41) is 21.7. The van der Waals surface area contributed by atoms with E-state index < -0.39 is 0 Å². The van der Waals surface area contributed by atoms with Gasteiger partial charge in [-0.3, -0.25) is 0 Å². The summed E-state index contributed by atoms with van der Waals surface area (Å²) in [4.78, 5) is 0. The maximum atomic E-state index is 10.9. The minimum atomic E-state index is 0. The van der Waals surface area contributed by atoms with Crippen LogP contribution in [0.4, 0.5) is 0 Å². The molecule has 208 valence electrons. The molecule has 36 heavy (non-hydrogen) atoms. The third-order valence-electron chi connectivity index (χ3n) is 6.04. The largest absolute Gasteiger partial charge is 2.00 e. The van der Waals surface area contributed by atoms with E-state index in [0.29, 0.717) is 0 Å². The molecular weight excluding hydrogens is 489 g/mol. The van der Waals surface area contributed by atoms with Crippen LogP contribution in [0.2, 0.25) is 0 Å². The SMILES string of the molecule is CCCCCCCCc1ccc([O-])cc1.CCCCCCCCc1ccc([O-])cc1.CCCCN.[Ni+2]. The van der Waals surface area contributed by atoms with Crippen molar-refractivity contribution in [3.63, 3.8) is 0 Å². The predicted octanol–water partition coefficient (Wildman–Crippen LogP) is 8.07. The van der Waals surface area contributed by atoms with Crippen molar-refractivity contribution in [2.24, 2.45) is 5.73 Å². The molecule has 0 radical (unpaired) electrons. The minimum absolute atomic E-state index is 0. The van der Waals surface area contributed by atoms with E-state index in [0.717, 1.165) is 19.4 Å². The van der Waals surface area contributed by atoms with Crippen LogP contribution in [-0.4, -0.2) is 6.54 Å². The number of hydrogen-bond acceptors (Lipinski definition) is 3. The Kier molecular flexibility index (Phi) is 28.6. The summed E-state index contributed by atoms with van der Waals surface area (Å²) < 4.78 is 0. The summed E-state index contributed by atoms with van der Waals surface area (Å²) in [7, 11) is 0. The van der Waals surface area contributed by atoms with Crippen molar-refractivity contribution in [2.45, 2.75) is 124 Å². The fraction of sp³-hybridized carbons (Fsp3) is 0.625. The molecule has 0 atom stereocenters. The summed E-state index contributed by atoms with van der Waals surface area (Å²) in [5.74, 6) is 0.225. The van der Waals surface area contributed by atoms with E-state index in [2.05, 4.69) is 20.8 Å². The first-order valence-electron chi connectivity index (χ1n) is 14.3. The molecule has 2 aromatic rings. The Morgan fingerprint density at radius 2 is 0.778 bits per heavy atom. The summed E-state index contributed by atoms with van der Waals surface area (Å²) in [6.07, 6.45) is 20.6. The van der Waals surface area contributed by atoms with Crippen LogP contribution in [0.1, 0.15) is 122 Å². The first-order chi connectivity index (χ1) is 17.1. The molecule has 0 saturated carbocycles. The Morgan fingerprint density at radius 3 is 1.06 bits per heavy atom. The van der Waals surface area contributed by atoms with Gasteiger partial charge in [0.15, 0.2) is 0 Å². The van der Waals surface area contributed by atoms with Gasteiger partial charge in [0.2, 0.25) is 0 Å². The number of hydrogen-bond donors (Lipinski definition) is 1. The van der Waals surface area contributed by atoms with Gasteiger partial charge in [0.05, 0.1) is 0 Å². The van der Waals surface area contributed by atoms with Gasteiger partial charge in [0.1, 0.15) is 0 Å². The topological polar surface area (TPSA) is 72.1 Å². The van der Waals surface area contributed by atoms with Crippen molar-refractivity contribution in [1.82, 2.24) is 0 Å². The minimum Gasteiger partial charge on any atom is -0.872 e. The van der Waals surface area contributed by atoms with Crippen molar-refractivity contribution >= 4 is 0 Å². The van der Waals surface area contributed by atoms with Gasteiger partial charge in [-0.1, -0.05) is 140 Å². The van der Waals surface area contributed by atoms with Gasteiger partial charge in [-0.2, -0.15) is 0 Å². The van der Waals surface area contributed by atoms with Crippen molar-refractivity contribution in [3.8, 4) is 11.5 Å². The Labute approximate surface area is 233 Å². The molecule has 0 saturated heterocycles. The van der Waals surface area contributed by atoms with E-state index in [-0.39, 0.29) is 28.0 Å². The van der Waals surface area contributed by atoms with Gasteiger partial charge in [-0.15, -0.1) is 11.5 Å². The fourth-order valence-corrected chi connectivity index (χ4v) is 3.74. The van der Waals surface area contributed by atoms with E-state index in [1.54, 1.807) is 24.3 Å². The molecule has 0 amide bonds. The molecule has 0 aliphatic heterocycles. The molecule has 0 fully saturated rings. The summed E-state index contributed by atoms with van der Waals surface area (Å²) in [6, 6.07) is 14.4. The van der Waals surface area contributed by atoms with Crippen LogP contribution in [-0.2, 0) is 29.3 Å². The Hall–Kier alpha value is -1.51. The van der Waals surface area contributed by atoms with Crippen LogP contribution in [0.5, 0.6) is 11.5 Å². The fourth-order valence-electron chi connectivity index (χ4n) is 3.74. The van der Waals surface area contributed by atoms with Crippen LogP contribution in [0.25, 0.3) is 0 Å². The van der Waals surface area contributed by atoms with Crippen LogP contribution in [0.3, 0.4) is 0 Å². The predicted molar refractivity (Wildman–Crippen MR) is 150 cm³/mol. The zero-order valence-electron chi connectivity index (χ0n) is 23.3. The third-order valence-corrected chi connectivity index (χ3v) is 6.04. The second-order valence-corrected chi connectivity index (χ2v) is 9.47. The maximum absolute atomic E-state index is 10.9. The van der Waals surface area contributed by atoms with Gasteiger partial charge >= 0.3 is 16.5 Å². The summed E-state index contributed by atoms with van der Waals surface area (Å²) in [5.41, 5.74) is 7.73. The van der Waals surface area contributed by atoms with Crippen LogP contribution < -0.4 is 15.9 Å². The van der Waals surface area contributed by atoms with Crippen molar-refractivity contribution in [3.05, 3.63) is 59.7 Å². The molecule has 2 N–H and O–H groups in total. The Morgan fingerprint density at radius 1 is 0.472 bits per heavy atom. The van der Waals surface area contributed by atoms with Crippen LogP contribution in [0.15, 0.2) is 48.5 Å². The quantitative estimate of drug-likeness (QED) is 0.172. The molecule has 0 unspecified atom stereocenters. The maximum Gasteiger partial charge on any atom is 2.00 e. The average molecular weight is 542 g/mol. The smallest absolute Gasteiger partial charge is 0.872 e. The standard InChI is InChI=1S/2C14H22O.C4H11N.Ni/c2*1-2-3-4-5-6-7-8-13-9-11-14(15)12-10-13;1-2-3-4-5;/h2*9-12,15H,2-8H2,1H3;2-5H2,1H3;/q;;;+2/p-2. The molecule has 0 bridgehead atoms. The number of benzene rings is 2. The normalized spacial score (nSPS) is 9.89. The van der Waals surface area contributed by atoms with E-state index in [1.807, 2.05) is 24.3 Å². The molecule has 0 heterocycles. The summed E-state index contributed by atoms with van der Waals surface area (Å²) in [6.45, 7) is 7.46. The van der Waals surface area contributed by atoms with Gasteiger partial charge < -0.3 is 15.9 Å². The molecule has 2 rings (SSSR count). The van der Waals surface area contributed by atoms with Crippen molar-refractivity contribution in [1.29, 1.82) is 0 Å². The van der Waals surface area contributed by atoms with Gasteiger partial charge in [-0.05, 0) is 49.8 Å². The van der Waals surface area contributed by atoms with Gasteiger partial charge in [0.25, 0.3) is 0 Å². The van der Waals surface area contributed by atoms with Gasteiger partial charge in [-0.25, -0.2) is 0 Å². The van der Waals surface area contributed by atoms with Crippen molar-refractivity contribution < 1.29 is 26.7 Å². The molecule has 2 aromatic carbocycles. The zero-order chi connectivity index (χ0) is 26.0. The van der Waals surface area contributed by atoms with E-state index in [4.69, 9.17) is 5.73 Å². The number of aryl methyl sites for hydroxylation is 2. The molecule has 3 nitrogen and oxygen atoms in total. The second kappa shape index (κ2) is 28.1. The Balaban J connectivity index is 0. The molecular formula is C32H53NNiO2. The van der Waals surface area contributed by atoms with E-state index in [9.17, 15) is 10.2 Å². The number of nitrogens with two attached hydrogens (primary N) is 1.